The van der Waals surface area contributed by atoms with E-state index in [1.165, 1.54) is 0 Å². The zero-order valence-corrected chi connectivity index (χ0v) is 9.09. The van der Waals surface area contributed by atoms with E-state index >= 15 is 0 Å². The third-order valence-corrected chi connectivity index (χ3v) is 2.29. The molecule has 0 unspecified atom stereocenters. The third-order valence-electron chi connectivity index (χ3n) is 1.63. The monoisotopic (exact) mass is 233 g/mol. The maximum atomic E-state index is 11.2. The van der Waals surface area contributed by atoms with Crippen molar-refractivity contribution < 1.29 is 17.7 Å². The van der Waals surface area contributed by atoms with Crippen LogP contribution in [0.25, 0.3) is 0 Å². The van der Waals surface area contributed by atoms with Gasteiger partial charge in [0.1, 0.15) is 17.1 Å². The maximum Gasteiger partial charge on any atom is 0.241 e. The number of carbonyl (C=O) groups is 1. The van der Waals surface area contributed by atoms with Crippen molar-refractivity contribution in [1.82, 2.24) is 5.16 Å². The van der Waals surface area contributed by atoms with Gasteiger partial charge in [-0.25, -0.2) is 13.6 Å². The number of aryl methyl sites for hydroxylation is 2. The van der Waals surface area contributed by atoms with Gasteiger partial charge in [0.25, 0.3) is 0 Å². The summed E-state index contributed by atoms with van der Waals surface area (Å²) in [6, 6.07) is 0. The van der Waals surface area contributed by atoms with E-state index in [1.54, 1.807) is 13.8 Å². The van der Waals surface area contributed by atoms with Crippen LogP contribution in [0.3, 0.4) is 0 Å². The fourth-order valence-electron chi connectivity index (χ4n) is 1.02. The van der Waals surface area contributed by atoms with Crippen LogP contribution in [0, 0.1) is 13.8 Å². The molecule has 0 atom stereocenters. The maximum absolute atomic E-state index is 11.2. The molecule has 0 saturated heterocycles. The molecular formula is C7H11N3O4S. The molecule has 0 radical (unpaired) electrons. The molecular weight excluding hydrogens is 222 g/mol. The number of carbonyl (C=O) groups excluding carboxylic acids is 1. The fraction of sp³-hybridized carbons (Fsp3) is 0.429. The highest BCUT2D eigenvalue weighted by Crippen LogP contribution is 2.18. The molecule has 3 N–H and O–H groups in total. The highest BCUT2D eigenvalue weighted by atomic mass is 32.2. The van der Waals surface area contributed by atoms with Crippen LogP contribution in [0.4, 0.5) is 5.69 Å². The zero-order valence-electron chi connectivity index (χ0n) is 8.27. The lowest BCUT2D eigenvalue weighted by molar-refractivity contribution is -0.113. The van der Waals surface area contributed by atoms with Crippen molar-refractivity contribution in [3.63, 3.8) is 0 Å². The van der Waals surface area contributed by atoms with Gasteiger partial charge in [0.05, 0.1) is 0 Å². The summed E-state index contributed by atoms with van der Waals surface area (Å²) in [6.07, 6.45) is 0. The lowest BCUT2D eigenvalue weighted by Gasteiger charge is -2.02. The first kappa shape index (κ1) is 11.7. The summed E-state index contributed by atoms with van der Waals surface area (Å²) in [5.41, 5.74) is 0.860. The molecule has 0 spiro atoms. The van der Waals surface area contributed by atoms with Crippen molar-refractivity contribution in [3.05, 3.63) is 11.5 Å². The van der Waals surface area contributed by atoms with Gasteiger partial charge in [-0.3, -0.25) is 4.79 Å². The Morgan fingerprint density at radius 2 is 2.13 bits per heavy atom. The molecule has 15 heavy (non-hydrogen) atoms. The number of amides is 1. The van der Waals surface area contributed by atoms with Crippen molar-refractivity contribution in [2.24, 2.45) is 5.14 Å². The van der Waals surface area contributed by atoms with E-state index in [9.17, 15) is 13.2 Å². The predicted octanol–water partition coefficient (Wildman–Crippen LogP) is -0.482. The number of hydrogen-bond acceptors (Lipinski definition) is 5. The molecule has 0 fully saturated rings. The molecule has 1 amide bonds. The summed E-state index contributed by atoms with van der Waals surface area (Å²) in [6.45, 7) is 3.23. The first-order chi connectivity index (χ1) is 6.79. The molecule has 0 aliphatic rings. The summed E-state index contributed by atoms with van der Waals surface area (Å²) in [5, 5.41) is 10.7. The van der Waals surface area contributed by atoms with Crippen LogP contribution in [-0.4, -0.2) is 25.2 Å². The smallest absolute Gasteiger partial charge is 0.241 e. The Kier molecular flexibility index (Phi) is 3.10. The van der Waals surface area contributed by atoms with Gasteiger partial charge >= 0.3 is 0 Å². The summed E-state index contributed by atoms with van der Waals surface area (Å²) in [4.78, 5) is 11.2. The molecule has 0 aliphatic heterocycles. The lowest BCUT2D eigenvalue weighted by atomic mass is 10.3. The van der Waals surface area contributed by atoms with Crippen LogP contribution < -0.4 is 10.5 Å². The van der Waals surface area contributed by atoms with Crippen LogP contribution in [0.15, 0.2) is 4.52 Å². The predicted molar refractivity (Wildman–Crippen MR) is 52.6 cm³/mol. The van der Waals surface area contributed by atoms with Gasteiger partial charge in [-0.2, -0.15) is 0 Å². The first-order valence-electron chi connectivity index (χ1n) is 4.03. The topological polar surface area (TPSA) is 115 Å². The van der Waals surface area contributed by atoms with Crippen LogP contribution in [-0.2, 0) is 14.8 Å². The minimum Gasteiger partial charge on any atom is -0.359 e. The van der Waals surface area contributed by atoms with Gasteiger partial charge in [0.15, 0.2) is 5.76 Å². The quantitative estimate of drug-likeness (QED) is 0.731. The molecule has 1 heterocycles. The Labute approximate surface area is 86.7 Å². The van der Waals surface area contributed by atoms with Crippen LogP contribution in [0.2, 0.25) is 0 Å². The first-order valence-corrected chi connectivity index (χ1v) is 5.74. The third kappa shape index (κ3) is 3.33. The average Bonchev–Trinajstić information content (AvgIpc) is 2.32. The molecule has 8 heteroatoms. The van der Waals surface area contributed by atoms with Gasteiger partial charge in [0.2, 0.25) is 15.9 Å². The Morgan fingerprint density at radius 1 is 1.53 bits per heavy atom. The number of sulfonamides is 1. The van der Waals surface area contributed by atoms with Gasteiger partial charge in [-0.1, -0.05) is 5.16 Å². The van der Waals surface area contributed by atoms with E-state index in [1.807, 2.05) is 0 Å². The van der Waals surface area contributed by atoms with Crippen molar-refractivity contribution in [2.75, 3.05) is 11.1 Å². The van der Waals surface area contributed by atoms with Crippen LogP contribution in [0.1, 0.15) is 11.5 Å². The Bertz CT molecular complexity index is 457. The second kappa shape index (κ2) is 3.99. The van der Waals surface area contributed by atoms with Crippen LogP contribution >= 0.6 is 0 Å². The average molecular weight is 233 g/mol. The molecule has 1 rings (SSSR count). The lowest BCUT2D eigenvalue weighted by Crippen LogP contribution is -2.28. The number of nitrogens with one attached hydrogen (secondary N) is 1. The number of nitrogens with zero attached hydrogens (tertiary/aromatic N) is 1. The second-order valence-corrected chi connectivity index (χ2v) is 4.67. The van der Waals surface area contributed by atoms with Gasteiger partial charge in [-0.05, 0) is 13.8 Å². The Morgan fingerprint density at radius 3 is 2.53 bits per heavy atom. The normalized spacial score (nSPS) is 11.4. The van der Waals surface area contributed by atoms with E-state index in [-0.39, 0.29) is 0 Å². The fourth-order valence-corrected chi connectivity index (χ4v) is 1.46. The molecule has 0 aromatic carbocycles. The highest BCUT2D eigenvalue weighted by molar-refractivity contribution is 7.89. The summed E-state index contributed by atoms with van der Waals surface area (Å²) >= 11 is 0. The summed E-state index contributed by atoms with van der Waals surface area (Å²) in [7, 11) is -3.82. The number of aromatic nitrogens is 1. The Hall–Kier alpha value is -1.41. The molecule has 1 aromatic heterocycles. The largest absolute Gasteiger partial charge is 0.359 e. The van der Waals surface area contributed by atoms with Crippen molar-refractivity contribution in [2.45, 2.75) is 13.8 Å². The number of hydrogen-bond donors (Lipinski definition) is 2. The number of primary sulfonamides is 1. The van der Waals surface area contributed by atoms with Gasteiger partial charge < -0.3 is 9.84 Å². The Balaban J connectivity index is 2.76. The zero-order chi connectivity index (χ0) is 11.6. The molecule has 0 aliphatic carbocycles. The minimum atomic E-state index is -3.82. The van der Waals surface area contributed by atoms with Crippen molar-refractivity contribution in [3.8, 4) is 0 Å². The van der Waals surface area contributed by atoms with Crippen molar-refractivity contribution in [1.29, 1.82) is 0 Å². The molecule has 0 saturated carbocycles. The number of anilines is 1. The van der Waals surface area contributed by atoms with Gasteiger partial charge in [-0.15, -0.1) is 0 Å². The van der Waals surface area contributed by atoms with Crippen LogP contribution in [0.5, 0.6) is 0 Å². The molecule has 84 valence electrons. The summed E-state index contributed by atoms with van der Waals surface area (Å²) < 4.78 is 26.0. The standard InChI is InChI=1S/C7H11N3O4S/c1-4-7(5(2)14-10-4)9-6(11)3-15(8,12)13/h3H2,1-2H3,(H,9,11)(H2,8,12,13). The van der Waals surface area contributed by atoms with E-state index in [0.29, 0.717) is 17.1 Å². The van der Waals surface area contributed by atoms with E-state index < -0.39 is 21.7 Å². The molecule has 0 bridgehead atoms. The highest BCUT2D eigenvalue weighted by Gasteiger charge is 2.16. The molecule has 1 aromatic rings. The van der Waals surface area contributed by atoms with E-state index in [4.69, 9.17) is 9.66 Å². The van der Waals surface area contributed by atoms with E-state index in [2.05, 4.69) is 10.5 Å². The van der Waals surface area contributed by atoms with E-state index in [0.717, 1.165) is 0 Å². The number of rotatable bonds is 3. The molecule has 7 nitrogen and oxygen atoms in total. The number of nitrogens with two attached hydrogens (primary N) is 1. The SMILES string of the molecule is Cc1noc(C)c1NC(=O)CS(N)(=O)=O. The second-order valence-electron chi connectivity index (χ2n) is 3.05. The van der Waals surface area contributed by atoms with Gasteiger partial charge in [0, 0.05) is 0 Å². The summed E-state index contributed by atoms with van der Waals surface area (Å²) in [5.74, 6) is -1.07. The van der Waals surface area contributed by atoms with Crippen molar-refractivity contribution >= 4 is 21.6 Å². The minimum absolute atomic E-state index is 0.378.